The van der Waals surface area contributed by atoms with Gasteiger partial charge < -0.3 is 20.9 Å². The van der Waals surface area contributed by atoms with Crippen LogP contribution in [0.4, 0.5) is 5.69 Å². The summed E-state index contributed by atoms with van der Waals surface area (Å²) in [6.45, 7) is 7.79. The second-order valence-electron chi connectivity index (χ2n) is 11.1. The minimum Gasteiger partial charge on any atom is -0.358 e. The SMILES string of the molecule is CC(=O)NC1CCN(CCNC(=O)c2c(C)[nH]c(C=C3C(=O)Nc4ccc(S(=O)(=O)Cc5c(Cl)cccc5Cl)cc43)c2C)C1. The Kier molecular flexibility index (Phi) is 9.22. The molecule has 3 amide bonds. The second-order valence-corrected chi connectivity index (χ2v) is 13.9. The first-order valence-electron chi connectivity index (χ1n) is 14.1. The lowest BCUT2D eigenvalue weighted by molar-refractivity contribution is -0.119. The van der Waals surface area contributed by atoms with E-state index in [2.05, 4.69) is 25.8 Å². The quantitative estimate of drug-likeness (QED) is 0.252. The van der Waals surface area contributed by atoms with Crippen molar-refractivity contribution < 1.29 is 22.8 Å². The first-order chi connectivity index (χ1) is 20.8. The molecule has 4 N–H and O–H groups in total. The Morgan fingerprint density at radius 1 is 1.14 bits per heavy atom. The number of likely N-dealkylation sites (tertiary alicyclic amines) is 1. The molecule has 0 bridgehead atoms. The Balaban J connectivity index is 1.33. The molecule has 10 nitrogen and oxygen atoms in total. The number of H-pyrrole nitrogens is 1. The summed E-state index contributed by atoms with van der Waals surface area (Å²) < 4.78 is 26.7. The number of benzene rings is 2. The van der Waals surface area contributed by atoms with Gasteiger partial charge in [0.05, 0.1) is 21.8 Å². The summed E-state index contributed by atoms with van der Waals surface area (Å²) in [4.78, 5) is 42.9. The largest absolute Gasteiger partial charge is 0.358 e. The second kappa shape index (κ2) is 12.8. The molecule has 1 unspecified atom stereocenters. The molecule has 44 heavy (non-hydrogen) atoms. The average molecular weight is 659 g/mol. The van der Waals surface area contributed by atoms with Gasteiger partial charge in [-0.3, -0.25) is 19.3 Å². The molecule has 3 heterocycles. The predicted octanol–water partition coefficient (Wildman–Crippen LogP) is 4.35. The van der Waals surface area contributed by atoms with Gasteiger partial charge in [-0.05, 0) is 62.2 Å². The molecule has 13 heteroatoms. The Bertz CT molecular complexity index is 1780. The van der Waals surface area contributed by atoms with Crippen LogP contribution in [0, 0.1) is 13.8 Å². The number of hydrogen-bond acceptors (Lipinski definition) is 6. The number of carbonyl (C=O) groups excluding carboxylic acids is 3. The molecule has 2 aliphatic rings. The zero-order chi connectivity index (χ0) is 31.8. The number of fused-ring (bicyclic) bond motifs is 1. The highest BCUT2D eigenvalue weighted by Crippen LogP contribution is 2.37. The number of aromatic amines is 1. The number of hydrogen-bond donors (Lipinski definition) is 4. The van der Waals surface area contributed by atoms with Crippen LogP contribution in [0.3, 0.4) is 0 Å². The summed E-state index contributed by atoms with van der Waals surface area (Å²) >= 11 is 12.4. The predicted molar refractivity (Wildman–Crippen MR) is 172 cm³/mol. The minimum atomic E-state index is -3.86. The van der Waals surface area contributed by atoms with E-state index in [1.54, 1.807) is 44.2 Å². The van der Waals surface area contributed by atoms with Crippen LogP contribution in [0.15, 0.2) is 41.3 Å². The Morgan fingerprint density at radius 2 is 1.86 bits per heavy atom. The maximum Gasteiger partial charge on any atom is 0.256 e. The fourth-order valence-corrected chi connectivity index (χ4v) is 7.83. The monoisotopic (exact) mass is 657 g/mol. The number of nitrogens with one attached hydrogen (secondary N) is 4. The standard InChI is InChI=1S/C31H33Cl2N5O5S/c1-17-28(35-18(2)29(17)31(41)34-10-12-38-11-9-20(15-38)36-19(3)39)14-23-22-13-21(7-8-27(22)37-30(23)40)44(42,43)16-24-25(32)5-4-6-26(24)33/h4-8,13-14,20,35H,9-12,15-16H2,1-3H3,(H,34,41)(H,36,39)(H,37,40). The molecule has 0 radical (unpaired) electrons. The number of aromatic nitrogens is 1. The van der Waals surface area contributed by atoms with Crippen molar-refractivity contribution >= 4 is 68.1 Å². The van der Waals surface area contributed by atoms with Crippen molar-refractivity contribution in [3.05, 3.63) is 80.1 Å². The number of nitrogens with zero attached hydrogens (tertiary/aromatic N) is 1. The average Bonchev–Trinajstić information content (AvgIpc) is 3.60. The van der Waals surface area contributed by atoms with Gasteiger partial charge in [0.1, 0.15) is 0 Å². The first-order valence-corrected chi connectivity index (χ1v) is 16.5. The zero-order valence-corrected chi connectivity index (χ0v) is 26.8. The van der Waals surface area contributed by atoms with Gasteiger partial charge in [0.2, 0.25) is 5.91 Å². The van der Waals surface area contributed by atoms with E-state index in [-0.39, 0.29) is 44.3 Å². The van der Waals surface area contributed by atoms with Crippen LogP contribution in [0.25, 0.3) is 11.6 Å². The van der Waals surface area contributed by atoms with Gasteiger partial charge >= 0.3 is 0 Å². The fourth-order valence-electron chi connectivity index (χ4n) is 5.71. The molecule has 5 rings (SSSR count). The molecule has 0 aliphatic carbocycles. The molecule has 2 aromatic carbocycles. The number of aryl methyl sites for hydroxylation is 1. The third-order valence-electron chi connectivity index (χ3n) is 7.91. The number of carbonyl (C=O) groups is 3. The number of rotatable bonds is 9. The van der Waals surface area contributed by atoms with Crippen molar-refractivity contribution in [3.63, 3.8) is 0 Å². The van der Waals surface area contributed by atoms with E-state index >= 15 is 0 Å². The van der Waals surface area contributed by atoms with Gasteiger partial charge in [-0.15, -0.1) is 0 Å². The van der Waals surface area contributed by atoms with Crippen LogP contribution < -0.4 is 16.0 Å². The Morgan fingerprint density at radius 3 is 2.57 bits per heavy atom. The summed E-state index contributed by atoms with van der Waals surface area (Å²) in [6, 6.07) is 9.39. The van der Waals surface area contributed by atoms with Crippen LogP contribution in [0.5, 0.6) is 0 Å². The van der Waals surface area contributed by atoms with Gasteiger partial charge in [0.15, 0.2) is 9.84 Å². The summed E-state index contributed by atoms with van der Waals surface area (Å²) in [5, 5.41) is 9.19. The van der Waals surface area contributed by atoms with E-state index < -0.39 is 15.6 Å². The van der Waals surface area contributed by atoms with Crippen LogP contribution >= 0.6 is 23.2 Å². The highest BCUT2D eigenvalue weighted by atomic mass is 35.5. The summed E-state index contributed by atoms with van der Waals surface area (Å²) in [7, 11) is -3.86. The van der Waals surface area contributed by atoms with E-state index in [0.717, 1.165) is 19.5 Å². The summed E-state index contributed by atoms with van der Waals surface area (Å²) in [5.74, 6) is -1.06. The molecular weight excluding hydrogens is 625 g/mol. The van der Waals surface area contributed by atoms with E-state index in [9.17, 15) is 22.8 Å². The molecule has 0 saturated carbocycles. The lowest BCUT2D eigenvalue weighted by Gasteiger charge is -2.16. The van der Waals surface area contributed by atoms with Crippen molar-refractivity contribution in [2.24, 2.45) is 0 Å². The molecular formula is C31H33Cl2N5O5S. The Hall–Kier alpha value is -3.64. The van der Waals surface area contributed by atoms with E-state index in [4.69, 9.17) is 23.2 Å². The molecule has 1 atom stereocenters. The van der Waals surface area contributed by atoms with Gasteiger partial charge in [0.25, 0.3) is 11.8 Å². The van der Waals surface area contributed by atoms with Crippen molar-refractivity contribution in [2.75, 3.05) is 31.5 Å². The van der Waals surface area contributed by atoms with Crippen LogP contribution in [-0.2, 0) is 25.2 Å². The first kappa shape index (κ1) is 31.8. The third-order valence-corrected chi connectivity index (χ3v) is 10.3. The van der Waals surface area contributed by atoms with Gasteiger partial charge in [-0.2, -0.15) is 0 Å². The molecule has 2 aliphatic heterocycles. The lowest BCUT2D eigenvalue weighted by Crippen LogP contribution is -2.38. The molecule has 232 valence electrons. The molecule has 1 aromatic heterocycles. The van der Waals surface area contributed by atoms with Gasteiger partial charge in [-0.25, -0.2) is 8.42 Å². The lowest BCUT2D eigenvalue weighted by atomic mass is 10.0. The van der Waals surface area contributed by atoms with Crippen LogP contribution in [0.1, 0.15) is 51.8 Å². The number of sulfone groups is 1. The fraction of sp³-hybridized carbons (Fsp3) is 0.323. The third kappa shape index (κ3) is 6.71. The normalized spacial score (nSPS) is 17.5. The van der Waals surface area contributed by atoms with Crippen molar-refractivity contribution in [1.29, 1.82) is 0 Å². The molecule has 3 aromatic rings. The maximum absolute atomic E-state index is 13.3. The number of anilines is 1. The highest BCUT2D eigenvalue weighted by Gasteiger charge is 2.29. The molecule has 1 fully saturated rings. The maximum atomic E-state index is 13.3. The van der Waals surface area contributed by atoms with E-state index in [0.29, 0.717) is 52.4 Å². The van der Waals surface area contributed by atoms with E-state index in [1.807, 2.05) is 0 Å². The molecule has 0 spiro atoms. The van der Waals surface area contributed by atoms with Crippen molar-refractivity contribution in [1.82, 2.24) is 20.5 Å². The topological polar surface area (TPSA) is 140 Å². The van der Waals surface area contributed by atoms with Crippen LogP contribution in [0.2, 0.25) is 10.0 Å². The smallest absolute Gasteiger partial charge is 0.256 e. The van der Waals surface area contributed by atoms with Crippen LogP contribution in [-0.4, -0.2) is 68.2 Å². The minimum absolute atomic E-state index is 0.0236. The number of halogens is 2. The Labute approximate surface area is 266 Å². The highest BCUT2D eigenvalue weighted by molar-refractivity contribution is 7.90. The summed E-state index contributed by atoms with van der Waals surface area (Å²) in [5.41, 5.74) is 3.86. The number of amides is 3. The van der Waals surface area contributed by atoms with Crippen molar-refractivity contribution in [2.45, 2.75) is 43.9 Å². The van der Waals surface area contributed by atoms with Crippen molar-refractivity contribution in [3.8, 4) is 0 Å². The van der Waals surface area contributed by atoms with Gasteiger partial charge in [-0.1, -0.05) is 29.3 Å². The van der Waals surface area contributed by atoms with E-state index in [1.165, 1.54) is 19.1 Å². The zero-order valence-electron chi connectivity index (χ0n) is 24.5. The summed E-state index contributed by atoms with van der Waals surface area (Å²) in [6.07, 6.45) is 2.51. The molecule has 1 saturated heterocycles. The van der Waals surface area contributed by atoms with Gasteiger partial charge in [0, 0.05) is 77.4 Å².